The molecule has 3 N–H and O–H groups in total. The minimum atomic E-state index is -0.157. The number of hydrogen-bond donors (Lipinski definition) is 3. The number of thiophene rings is 1. The van der Waals surface area contributed by atoms with Crippen molar-refractivity contribution in [2.24, 2.45) is 0 Å². The van der Waals surface area contributed by atoms with Gasteiger partial charge in [0.05, 0.1) is 10.6 Å². The zero-order valence-corrected chi connectivity index (χ0v) is 15.3. The molecule has 0 aliphatic heterocycles. The quantitative estimate of drug-likeness (QED) is 0.699. The molecule has 0 aliphatic carbocycles. The van der Waals surface area contributed by atoms with Gasteiger partial charge in [-0.15, -0.1) is 23.1 Å². The van der Waals surface area contributed by atoms with E-state index >= 15 is 0 Å². The number of carbonyl (C=O) groups is 1. The largest absolute Gasteiger partial charge is 0.377 e. The number of carbonyl (C=O) groups excluding carboxylic acids is 1. The number of aromatic nitrogens is 1. The number of aromatic amines is 1. The molecule has 0 unspecified atom stereocenters. The van der Waals surface area contributed by atoms with E-state index < -0.39 is 0 Å². The van der Waals surface area contributed by atoms with Gasteiger partial charge in [0, 0.05) is 34.6 Å². The lowest BCUT2D eigenvalue weighted by atomic mass is 10.2. The monoisotopic (exact) mass is 351 g/mol. The Kier molecular flexibility index (Phi) is 5.90. The third-order valence-electron chi connectivity index (χ3n) is 3.50. The van der Waals surface area contributed by atoms with Gasteiger partial charge in [0.2, 0.25) is 0 Å². The number of nitrogens with one attached hydrogen (secondary N) is 3. The Morgan fingerprint density at radius 1 is 1.39 bits per heavy atom. The van der Waals surface area contributed by atoms with Gasteiger partial charge in [-0.05, 0) is 38.7 Å². The fourth-order valence-electron chi connectivity index (χ4n) is 2.28. The molecule has 2 aromatic heterocycles. The van der Waals surface area contributed by atoms with E-state index in [9.17, 15) is 9.59 Å². The number of thioether (sulfide) groups is 1. The number of rotatable bonds is 6. The summed E-state index contributed by atoms with van der Waals surface area (Å²) in [6.45, 7) is 6.83. The third-order valence-corrected chi connectivity index (χ3v) is 5.34. The molecule has 1 amide bonds. The van der Waals surface area contributed by atoms with Crippen molar-refractivity contribution in [2.45, 2.75) is 32.2 Å². The highest BCUT2D eigenvalue weighted by atomic mass is 32.2. The van der Waals surface area contributed by atoms with Crippen molar-refractivity contribution in [2.75, 3.05) is 18.1 Å². The van der Waals surface area contributed by atoms with Gasteiger partial charge in [0.15, 0.2) is 0 Å². The van der Waals surface area contributed by atoms with Crippen LogP contribution in [-0.2, 0) is 6.54 Å². The van der Waals surface area contributed by atoms with Crippen LogP contribution in [-0.4, -0.2) is 23.7 Å². The molecule has 0 bridgehead atoms. The molecule has 0 aromatic carbocycles. The molecule has 2 aromatic rings. The van der Waals surface area contributed by atoms with Crippen LogP contribution in [0.1, 0.15) is 34.1 Å². The molecule has 2 heterocycles. The predicted molar refractivity (Wildman–Crippen MR) is 98.0 cm³/mol. The van der Waals surface area contributed by atoms with Gasteiger partial charge in [0.1, 0.15) is 0 Å². The summed E-state index contributed by atoms with van der Waals surface area (Å²) < 4.78 is 0. The average molecular weight is 351 g/mol. The second-order valence-corrected chi connectivity index (χ2v) is 6.87. The lowest BCUT2D eigenvalue weighted by Gasteiger charge is -2.09. The first-order valence-electron chi connectivity index (χ1n) is 7.34. The summed E-state index contributed by atoms with van der Waals surface area (Å²) in [5, 5.41) is 8.95. The lowest BCUT2D eigenvalue weighted by molar-refractivity contribution is 0.0950. The second-order valence-electron chi connectivity index (χ2n) is 5.14. The van der Waals surface area contributed by atoms with E-state index in [1.165, 1.54) is 23.1 Å². The maximum atomic E-state index is 12.4. The minimum absolute atomic E-state index is 0.148. The van der Waals surface area contributed by atoms with Crippen molar-refractivity contribution in [3.8, 4) is 0 Å². The maximum absolute atomic E-state index is 12.4. The fourth-order valence-corrected chi connectivity index (χ4v) is 4.02. The van der Waals surface area contributed by atoms with Gasteiger partial charge in [-0.3, -0.25) is 9.59 Å². The number of hydrogen-bond acceptors (Lipinski definition) is 5. The van der Waals surface area contributed by atoms with Gasteiger partial charge in [-0.1, -0.05) is 0 Å². The van der Waals surface area contributed by atoms with E-state index in [2.05, 4.69) is 15.6 Å². The zero-order chi connectivity index (χ0) is 17.0. The molecular weight excluding hydrogens is 330 g/mol. The van der Waals surface area contributed by atoms with Crippen LogP contribution in [0.25, 0.3) is 0 Å². The molecule has 0 atom stereocenters. The van der Waals surface area contributed by atoms with Crippen LogP contribution < -0.4 is 16.2 Å². The van der Waals surface area contributed by atoms with Crippen LogP contribution in [0.3, 0.4) is 0 Å². The SMILES string of the molecule is CCNc1scc(C(=O)NCc2c(SC)cc(C)[nH]c2=O)c1C. The van der Waals surface area contributed by atoms with Crippen LogP contribution in [0, 0.1) is 13.8 Å². The maximum Gasteiger partial charge on any atom is 0.254 e. The Bertz CT molecular complexity index is 765. The molecule has 7 heteroatoms. The van der Waals surface area contributed by atoms with Crippen molar-refractivity contribution >= 4 is 34.0 Å². The third kappa shape index (κ3) is 3.97. The highest BCUT2D eigenvalue weighted by Crippen LogP contribution is 2.27. The van der Waals surface area contributed by atoms with E-state index in [0.29, 0.717) is 11.1 Å². The van der Waals surface area contributed by atoms with E-state index in [1.54, 1.807) is 0 Å². The highest BCUT2D eigenvalue weighted by Gasteiger charge is 2.15. The van der Waals surface area contributed by atoms with Gasteiger partial charge in [0.25, 0.3) is 11.5 Å². The van der Waals surface area contributed by atoms with Crippen molar-refractivity contribution in [3.63, 3.8) is 0 Å². The van der Waals surface area contributed by atoms with Gasteiger partial charge in [-0.2, -0.15) is 0 Å². The molecule has 0 fully saturated rings. The molecule has 0 aliphatic rings. The van der Waals surface area contributed by atoms with Crippen molar-refractivity contribution in [1.82, 2.24) is 10.3 Å². The summed E-state index contributed by atoms with van der Waals surface area (Å²) in [6, 6.07) is 1.92. The topological polar surface area (TPSA) is 74.0 Å². The van der Waals surface area contributed by atoms with Gasteiger partial charge >= 0.3 is 0 Å². The number of anilines is 1. The average Bonchev–Trinajstić information content (AvgIpc) is 2.87. The zero-order valence-electron chi connectivity index (χ0n) is 13.7. The fraction of sp³-hybridized carbons (Fsp3) is 0.375. The number of pyridine rings is 1. The summed E-state index contributed by atoms with van der Waals surface area (Å²) in [5.41, 5.74) is 2.86. The molecular formula is C16H21N3O2S2. The van der Waals surface area contributed by atoms with Gasteiger partial charge in [-0.25, -0.2) is 0 Å². The summed E-state index contributed by atoms with van der Waals surface area (Å²) in [7, 11) is 0. The van der Waals surface area contributed by atoms with E-state index in [4.69, 9.17) is 0 Å². The first-order valence-corrected chi connectivity index (χ1v) is 9.45. The Labute approximate surface area is 143 Å². The van der Waals surface area contributed by atoms with Crippen molar-refractivity contribution < 1.29 is 4.79 Å². The Balaban J connectivity index is 2.15. The summed E-state index contributed by atoms with van der Waals surface area (Å²) in [4.78, 5) is 28.2. The smallest absolute Gasteiger partial charge is 0.254 e. The normalized spacial score (nSPS) is 10.6. The molecule has 2 rings (SSSR count). The molecule has 0 spiro atoms. The lowest BCUT2D eigenvalue weighted by Crippen LogP contribution is -2.27. The van der Waals surface area contributed by atoms with E-state index in [0.717, 1.165) is 27.7 Å². The molecule has 23 heavy (non-hydrogen) atoms. The van der Waals surface area contributed by atoms with Crippen molar-refractivity contribution in [1.29, 1.82) is 0 Å². The summed E-state index contributed by atoms with van der Waals surface area (Å²) in [6.07, 6.45) is 1.92. The summed E-state index contributed by atoms with van der Waals surface area (Å²) in [5.74, 6) is -0.157. The molecule has 124 valence electrons. The number of amides is 1. The molecule has 0 saturated carbocycles. The van der Waals surface area contributed by atoms with Gasteiger partial charge < -0.3 is 15.6 Å². The molecule has 0 saturated heterocycles. The number of H-pyrrole nitrogens is 1. The first-order chi connectivity index (χ1) is 11.0. The molecule has 5 nitrogen and oxygen atoms in total. The van der Waals surface area contributed by atoms with Crippen molar-refractivity contribution in [3.05, 3.63) is 44.2 Å². The number of aryl methyl sites for hydroxylation is 1. The Hall–Kier alpha value is -1.73. The van der Waals surface area contributed by atoms with Crippen LogP contribution in [0.15, 0.2) is 21.1 Å². The van der Waals surface area contributed by atoms with Crippen LogP contribution >= 0.6 is 23.1 Å². The highest BCUT2D eigenvalue weighted by molar-refractivity contribution is 7.98. The Morgan fingerprint density at radius 2 is 2.13 bits per heavy atom. The van der Waals surface area contributed by atoms with E-state index in [-0.39, 0.29) is 18.0 Å². The predicted octanol–water partition coefficient (Wildman–Crippen LogP) is 3.14. The van der Waals surface area contributed by atoms with Crippen LogP contribution in [0.5, 0.6) is 0 Å². The van der Waals surface area contributed by atoms with Crippen LogP contribution in [0.4, 0.5) is 5.00 Å². The minimum Gasteiger partial charge on any atom is -0.377 e. The standard InChI is InChI=1S/C16H21N3O2S2/c1-5-17-16-10(3)12(8-23-16)14(20)18-7-11-13(22-4)6-9(2)19-15(11)21/h6,8,17H,5,7H2,1-4H3,(H,18,20)(H,19,21). The van der Waals surface area contributed by atoms with E-state index in [1.807, 2.05) is 38.5 Å². The first kappa shape index (κ1) is 17.6. The summed E-state index contributed by atoms with van der Waals surface area (Å²) >= 11 is 3.03. The Morgan fingerprint density at radius 3 is 2.78 bits per heavy atom. The molecule has 0 radical (unpaired) electrons. The second kappa shape index (κ2) is 7.70. The van der Waals surface area contributed by atoms with Crippen LogP contribution in [0.2, 0.25) is 0 Å².